The number of aromatic nitrogens is 4. The van der Waals surface area contributed by atoms with Crippen LogP contribution < -0.4 is 0 Å². The lowest BCUT2D eigenvalue weighted by Crippen LogP contribution is -1.94. The Kier molecular flexibility index (Phi) is 15.2. The number of para-hydroxylation sites is 4. The van der Waals surface area contributed by atoms with Gasteiger partial charge in [0, 0.05) is 86.4 Å². The fraction of sp³-hybridized carbons (Fsp3) is 0. The lowest BCUT2D eigenvalue weighted by Gasteiger charge is -2.12. The van der Waals surface area contributed by atoms with Gasteiger partial charge in [0.15, 0.2) is 0 Å². The van der Waals surface area contributed by atoms with Gasteiger partial charge in [-0.2, -0.15) is 0 Å². The number of rotatable bonds is 7. The standard InChI is InChI=1S/C56H34N2.C34H22N2.C22H13Br/c1-2-12-39(13-3-1)58-54-32-25-38(34-51(54)49-28-23-35-11-4-5-14-42(35)56(49)58)37-24-31-53-50(33-37)45-17-8-9-20-52(45)57(53)40-26-21-36(22-27-40)41-29-30-48-44-16-7-6-15-43(44)47-19-10-18-46(41)55(47)48;1-2-9-25(10-3-1)36-33-19-16-24(21-30(33)28-17-14-22-8-4-5-11-26(22)34(28)36)23-15-18-32-29(20-23)27-12-6-7-13-31(27)35-32;23-15-10-8-14(9-11-15)16-12-13-21-18-5-2-1-4-17(18)20-7-3-6-19(16)22(20)21/h1-34H;1-21,35H;1-13H. The van der Waals surface area contributed by atoms with E-state index in [1.165, 1.54) is 231 Å². The van der Waals surface area contributed by atoms with Crippen molar-refractivity contribution in [1.29, 1.82) is 0 Å². The summed E-state index contributed by atoms with van der Waals surface area (Å²) in [5, 5.41) is 20.5. The van der Waals surface area contributed by atoms with Crippen LogP contribution in [0.25, 0.3) is 236 Å². The van der Waals surface area contributed by atoms with Crippen molar-refractivity contribution in [3.63, 3.8) is 0 Å². The van der Waals surface area contributed by atoms with Crippen molar-refractivity contribution >= 4 is 146 Å². The van der Waals surface area contributed by atoms with Crippen LogP contribution in [-0.4, -0.2) is 18.7 Å². The van der Waals surface area contributed by atoms with Crippen LogP contribution in [0.5, 0.6) is 0 Å². The van der Waals surface area contributed by atoms with Gasteiger partial charge in [-0.25, -0.2) is 0 Å². The van der Waals surface area contributed by atoms with E-state index in [1.54, 1.807) is 0 Å². The van der Waals surface area contributed by atoms with E-state index in [0.29, 0.717) is 0 Å². The summed E-state index contributed by atoms with van der Waals surface area (Å²) in [6.07, 6.45) is 0. The molecule has 2 aliphatic rings. The Bertz CT molecular complexity index is 8180. The molecule has 26 rings (SSSR count). The molecule has 117 heavy (non-hydrogen) atoms. The van der Waals surface area contributed by atoms with E-state index in [0.717, 1.165) is 10.2 Å². The molecule has 2 aliphatic carbocycles. The average Bonchev–Trinajstić information content (AvgIpc) is 1.59. The second-order valence-corrected chi connectivity index (χ2v) is 32.0. The third-order valence-electron chi connectivity index (χ3n) is 24.9. The van der Waals surface area contributed by atoms with Gasteiger partial charge < -0.3 is 18.7 Å². The van der Waals surface area contributed by atoms with Gasteiger partial charge in [-0.3, -0.25) is 0 Å². The summed E-state index contributed by atoms with van der Waals surface area (Å²) in [7, 11) is 0. The fourth-order valence-corrected chi connectivity index (χ4v) is 19.9. The summed E-state index contributed by atoms with van der Waals surface area (Å²) in [5.74, 6) is 0. The van der Waals surface area contributed by atoms with Gasteiger partial charge >= 0.3 is 0 Å². The van der Waals surface area contributed by atoms with Crippen molar-refractivity contribution in [3.8, 4) is 106 Å². The van der Waals surface area contributed by atoms with Crippen LogP contribution in [0.2, 0.25) is 0 Å². The quantitative estimate of drug-likeness (QED) is 0.165. The number of halogens is 1. The monoisotopic (exact) mass is 1550 g/mol. The predicted octanol–water partition coefficient (Wildman–Crippen LogP) is 31.3. The Hall–Kier alpha value is -14.9. The summed E-state index contributed by atoms with van der Waals surface area (Å²) < 4.78 is 8.38. The molecular weight excluding hydrogens is 1480 g/mol. The molecule has 0 unspecified atom stereocenters. The molecule has 5 heteroatoms. The largest absolute Gasteiger partial charge is 0.355 e. The molecule has 0 fully saturated rings. The van der Waals surface area contributed by atoms with Crippen LogP contribution in [-0.2, 0) is 0 Å². The zero-order valence-corrected chi connectivity index (χ0v) is 65.1. The smallest absolute Gasteiger partial charge is 0.0619 e. The molecule has 0 radical (unpaired) electrons. The Morgan fingerprint density at radius 2 is 0.521 bits per heavy atom. The number of hydrogen-bond donors (Lipinski definition) is 1. The van der Waals surface area contributed by atoms with Crippen LogP contribution in [0.1, 0.15) is 0 Å². The van der Waals surface area contributed by atoms with E-state index >= 15 is 0 Å². The van der Waals surface area contributed by atoms with E-state index in [2.05, 4.69) is 447 Å². The molecule has 0 aliphatic heterocycles. The van der Waals surface area contributed by atoms with Crippen LogP contribution in [0.3, 0.4) is 0 Å². The van der Waals surface area contributed by atoms with E-state index in [1.807, 2.05) is 0 Å². The zero-order chi connectivity index (χ0) is 76.9. The number of H-pyrrole nitrogens is 1. The van der Waals surface area contributed by atoms with Gasteiger partial charge in [0.1, 0.15) is 0 Å². The Balaban J connectivity index is 0.000000112. The SMILES string of the molecule is Brc1ccc(-c2ccc3c4c(cccc24)-c2ccccc2-3)cc1.c1ccc(-n2c3ccc(-c4ccc5[nH]c6ccccc6c5c4)cc3c3ccc4ccccc4c32)cc1.c1ccc(-n2c3ccc(-c4ccc5c(c4)c4ccccc4n5-c4ccc(-c5ccc6c7c(cccc57)-c5ccccc5-6)cc4)cc3c3ccc4ccccc4c32)cc1. The van der Waals surface area contributed by atoms with Crippen LogP contribution in [0.15, 0.2) is 417 Å². The molecule has 0 amide bonds. The van der Waals surface area contributed by atoms with Crippen molar-refractivity contribution in [1.82, 2.24) is 18.7 Å². The highest BCUT2D eigenvalue weighted by atomic mass is 79.9. The lowest BCUT2D eigenvalue weighted by atomic mass is 9.94. The minimum Gasteiger partial charge on any atom is -0.355 e. The number of benzene rings is 20. The minimum absolute atomic E-state index is 1.11. The van der Waals surface area contributed by atoms with Crippen molar-refractivity contribution in [2.75, 3.05) is 0 Å². The molecule has 0 bridgehead atoms. The maximum absolute atomic E-state index is 3.55. The van der Waals surface area contributed by atoms with Crippen molar-refractivity contribution in [2.24, 2.45) is 0 Å². The Labute approximate surface area is 683 Å². The summed E-state index contributed by atoms with van der Waals surface area (Å²) >= 11 is 3.52. The highest BCUT2D eigenvalue weighted by molar-refractivity contribution is 9.10. The molecule has 24 aromatic rings. The molecule has 1 N–H and O–H groups in total. The molecule has 4 nitrogen and oxygen atoms in total. The van der Waals surface area contributed by atoms with E-state index in [4.69, 9.17) is 0 Å². The lowest BCUT2D eigenvalue weighted by molar-refractivity contribution is 1.18. The van der Waals surface area contributed by atoms with E-state index in [-0.39, 0.29) is 0 Å². The Morgan fingerprint density at radius 1 is 0.179 bits per heavy atom. The molecule has 0 atom stereocenters. The fourth-order valence-electron chi connectivity index (χ4n) is 19.6. The normalized spacial score (nSPS) is 12.0. The summed E-state index contributed by atoms with van der Waals surface area (Å²) in [5.41, 5.74) is 33.9. The highest BCUT2D eigenvalue weighted by Crippen LogP contribution is 2.52. The summed E-state index contributed by atoms with van der Waals surface area (Å²) in [6, 6.07) is 151. The molecule has 4 heterocycles. The van der Waals surface area contributed by atoms with Gasteiger partial charge in [-0.05, 0) is 231 Å². The first-order valence-electron chi connectivity index (χ1n) is 40.2. The third kappa shape index (κ3) is 10.5. The maximum Gasteiger partial charge on any atom is 0.0619 e. The van der Waals surface area contributed by atoms with Gasteiger partial charge in [0.2, 0.25) is 0 Å². The molecule has 20 aromatic carbocycles. The second-order valence-electron chi connectivity index (χ2n) is 31.1. The molecule has 4 aromatic heterocycles. The van der Waals surface area contributed by atoms with E-state index in [9.17, 15) is 0 Å². The van der Waals surface area contributed by atoms with Crippen molar-refractivity contribution in [2.45, 2.75) is 0 Å². The Morgan fingerprint density at radius 3 is 1.03 bits per heavy atom. The first-order valence-corrected chi connectivity index (χ1v) is 41.0. The van der Waals surface area contributed by atoms with Crippen LogP contribution in [0.4, 0.5) is 0 Å². The number of nitrogens with zero attached hydrogens (tertiary/aromatic N) is 3. The van der Waals surface area contributed by atoms with Gasteiger partial charge in [-0.1, -0.05) is 319 Å². The number of nitrogens with one attached hydrogen (secondary N) is 1. The summed E-state index contributed by atoms with van der Waals surface area (Å²) in [4.78, 5) is 3.55. The molecule has 0 spiro atoms. The van der Waals surface area contributed by atoms with Crippen LogP contribution in [0, 0.1) is 0 Å². The minimum atomic E-state index is 1.11. The summed E-state index contributed by atoms with van der Waals surface area (Å²) in [6.45, 7) is 0. The average molecular weight is 1550 g/mol. The van der Waals surface area contributed by atoms with Gasteiger partial charge in [0.05, 0.1) is 33.1 Å². The predicted molar refractivity (Wildman–Crippen MR) is 500 cm³/mol. The van der Waals surface area contributed by atoms with Gasteiger partial charge in [-0.15, -0.1) is 0 Å². The first kappa shape index (κ1) is 66.7. The van der Waals surface area contributed by atoms with Crippen molar-refractivity contribution < 1.29 is 0 Å². The topological polar surface area (TPSA) is 30.6 Å². The number of fused-ring (bicyclic) bond motifs is 22. The maximum atomic E-state index is 3.55. The molecule has 0 saturated carbocycles. The van der Waals surface area contributed by atoms with Crippen LogP contribution >= 0.6 is 15.9 Å². The molecule has 0 saturated heterocycles. The number of hydrogen-bond acceptors (Lipinski definition) is 0. The highest BCUT2D eigenvalue weighted by Gasteiger charge is 2.26. The first-order chi connectivity index (χ1) is 58.0. The zero-order valence-electron chi connectivity index (χ0n) is 63.5. The second kappa shape index (κ2) is 26.6. The molecule has 544 valence electrons. The van der Waals surface area contributed by atoms with Gasteiger partial charge in [0.25, 0.3) is 0 Å². The number of aromatic amines is 1. The van der Waals surface area contributed by atoms with Crippen molar-refractivity contribution in [3.05, 3.63) is 417 Å². The van der Waals surface area contributed by atoms with E-state index < -0.39 is 0 Å². The molecular formula is C112H69BrN4. The third-order valence-corrected chi connectivity index (χ3v) is 25.4.